The van der Waals surface area contributed by atoms with Gasteiger partial charge >= 0.3 is 12.1 Å². The third-order valence-corrected chi connectivity index (χ3v) is 6.15. The van der Waals surface area contributed by atoms with Crippen LogP contribution in [0.1, 0.15) is 31.2 Å². The molecule has 0 saturated carbocycles. The lowest BCUT2D eigenvalue weighted by Gasteiger charge is -2.53. The molecule has 1 aromatic rings. The van der Waals surface area contributed by atoms with E-state index < -0.39 is 12.1 Å². The summed E-state index contributed by atoms with van der Waals surface area (Å²) >= 11 is 6.07. The predicted molar refractivity (Wildman–Crippen MR) is 114 cm³/mol. The number of hydrogen-bond donors (Lipinski definition) is 1. The van der Waals surface area contributed by atoms with E-state index >= 15 is 0 Å². The molecule has 0 aliphatic carbocycles. The van der Waals surface area contributed by atoms with Crippen molar-refractivity contribution in [1.82, 2.24) is 9.80 Å². The number of hydrogen-bond acceptors (Lipinski definition) is 5. The highest BCUT2D eigenvalue weighted by Gasteiger charge is 2.47. The molecule has 3 aliphatic heterocycles. The van der Waals surface area contributed by atoms with Crippen LogP contribution < -0.4 is 0 Å². The van der Waals surface area contributed by atoms with Crippen LogP contribution in [0.2, 0.25) is 5.02 Å². The lowest BCUT2D eigenvalue weighted by atomic mass is 9.84. The fraction of sp³-hybridized carbons (Fsp3) is 0.636. The summed E-state index contributed by atoms with van der Waals surface area (Å²) in [5.41, 5.74) is 1.13. The Morgan fingerprint density at radius 3 is 2.52 bits per heavy atom. The molecule has 33 heavy (non-hydrogen) atoms. The lowest BCUT2D eigenvalue weighted by Crippen LogP contribution is -2.65. The smallest absolute Gasteiger partial charge is 0.475 e. The number of alkyl halides is 3. The quantitative estimate of drug-likeness (QED) is 0.679. The minimum atomic E-state index is -5.08. The van der Waals surface area contributed by atoms with Gasteiger partial charge in [-0.05, 0) is 37.0 Å². The van der Waals surface area contributed by atoms with Gasteiger partial charge in [-0.1, -0.05) is 23.7 Å². The summed E-state index contributed by atoms with van der Waals surface area (Å²) in [6.45, 7) is 5.43. The normalized spacial score (nSPS) is 22.4. The number of rotatable bonds is 5. The molecule has 3 aliphatic rings. The van der Waals surface area contributed by atoms with Crippen molar-refractivity contribution in [1.29, 1.82) is 0 Å². The van der Waals surface area contributed by atoms with Gasteiger partial charge in [0.15, 0.2) is 0 Å². The first-order valence-electron chi connectivity index (χ1n) is 10.9. The molecular weight excluding hydrogens is 465 g/mol. The molecule has 11 heteroatoms. The largest absolute Gasteiger partial charge is 0.490 e. The highest BCUT2D eigenvalue weighted by atomic mass is 35.5. The highest BCUT2D eigenvalue weighted by molar-refractivity contribution is 6.30. The van der Waals surface area contributed by atoms with Crippen molar-refractivity contribution in [3.63, 3.8) is 0 Å². The van der Waals surface area contributed by atoms with Gasteiger partial charge in [0, 0.05) is 50.8 Å². The maximum atomic E-state index is 12.2. The molecule has 3 heterocycles. The molecule has 3 saturated heterocycles. The Kier molecular flexibility index (Phi) is 8.60. The average Bonchev–Trinajstić information content (AvgIpc) is 3.26. The third-order valence-electron chi connectivity index (χ3n) is 5.91. The van der Waals surface area contributed by atoms with Gasteiger partial charge in [-0.15, -0.1) is 0 Å². The zero-order chi connectivity index (χ0) is 24.1. The SMILES string of the molecule is O=C(COC1CCOC2(C1)CN(Cc1cccc(Cl)c1)C2)N1CCCC1.O=C(O)C(F)(F)F. The zero-order valence-electron chi connectivity index (χ0n) is 18.2. The summed E-state index contributed by atoms with van der Waals surface area (Å²) in [4.78, 5) is 25.4. The Bertz CT molecular complexity index is 826. The number of halogens is 4. The van der Waals surface area contributed by atoms with Gasteiger partial charge in [0.1, 0.15) is 6.61 Å². The van der Waals surface area contributed by atoms with E-state index in [-0.39, 0.29) is 24.2 Å². The average molecular weight is 493 g/mol. The summed E-state index contributed by atoms with van der Waals surface area (Å²) in [7, 11) is 0. The molecule has 1 spiro atoms. The first-order chi connectivity index (χ1) is 15.6. The maximum Gasteiger partial charge on any atom is 0.490 e. The predicted octanol–water partition coefficient (Wildman–Crippen LogP) is 3.35. The Morgan fingerprint density at radius 1 is 1.24 bits per heavy atom. The topological polar surface area (TPSA) is 79.3 Å². The van der Waals surface area contributed by atoms with Crippen molar-refractivity contribution in [2.75, 3.05) is 39.4 Å². The molecular formula is C22H28ClF3N2O5. The standard InChI is InChI=1S/C20H27ClN2O3.C2HF3O2/c21-17-5-3-4-16(10-17)12-22-14-20(15-22)11-18(6-9-26-20)25-13-19(24)23-7-1-2-8-23;3-2(4,5)1(6)7/h3-5,10,18H,1-2,6-9,11-15H2;(H,6,7). The number of nitrogens with zero attached hydrogens (tertiary/aromatic N) is 2. The van der Waals surface area contributed by atoms with Crippen LogP contribution in [0.3, 0.4) is 0 Å². The van der Waals surface area contributed by atoms with Crippen molar-refractivity contribution in [3.8, 4) is 0 Å². The summed E-state index contributed by atoms with van der Waals surface area (Å²) in [6, 6.07) is 8.02. The van der Waals surface area contributed by atoms with Crippen LogP contribution in [-0.2, 0) is 25.6 Å². The minimum absolute atomic E-state index is 0.0990. The third kappa shape index (κ3) is 7.56. The van der Waals surface area contributed by atoms with E-state index in [0.717, 1.165) is 63.4 Å². The number of ether oxygens (including phenoxy) is 2. The van der Waals surface area contributed by atoms with Gasteiger partial charge < -0.3 is 19.5 Å². The van der Waals surface area contributed by atoms with Crippen molar-refractivity contribution in [2.24, 2.45) is 0 Å². The molecule has 0 bridgehead atoms. The van der Waals surface area contributed by atoms with E-state index in [1.54, 1.807) is 0 Å². The number of carbonyl (C=O) groups excluding carboxylic acids is 1. The van der Waals surface area contributed by atoms with Crippen molar-refractivity contribution in [3.05, 3.63) is 34.9 Å². The van der Waals surface area contributed by atoms with Gasteiger partial charge in [0.25, 0.3) is 0 Å². The van der Waals surface area contributed by atoms with Crippen LogP contribution in [-0.4, -0.2) is 84.1 Å². The molecule has 1 unspecified atom stereocenters. The van der Waals surface area contributed by atoms with Crippen LogP contribution in [0.15, 0.2) is 24.3 Å². The second-order valence-corrected chi connectivity index (χ2v) is 9.06. The molecule has 184 valence electrons. The maximum absolute atomic E-state index is 12.2. The van der Waals surface area contributed by atoms with Crippen LogP contribution in [0.5, 0.6) is 0 Å². The Labute approximate surface area is 195 Å². The van der Waals surface area contributed by atoms with Gasteiger partial charge in [-0.3, -0.25) is 9.69 Å². The van der Waals surface area contributed by atoms with E-state index in [9.17, 15) is 18.0 Å². The molecule has 1 aromatic carbocycles. The van der Waals surface area contributed by atoms with E-state index in [0.29, 0.717) is 6.61 Å². The van der Waals surface area contributed by atoms with Gasteiger partial charge in [0.2, 0.25) is 5.91 Å². The second-order valence-electron chi connectivity index (χ2n) is 8.62. The highest BCUT2D eigenvalue weighted by Crippen LogP contribution is 2.36. The number of aliphatic carboxylic acids is 1. The molecule has 4 rings (SSSR count). The molecule has 0 radical (unpaired) electrons. The van der Waals surface area contributed by atoms with Crippen LogP contribution in [0.25, 0.3) is 0 Å². The molecule has 1 atom stereocenters. The molecule has 0 aromatic heterocycles. The molecule has 3 fully saturated rings. The number of carboxylic acid groups (broad SMARTS) is 1. The zero-order valence-corrected chi connectivity index (χ0v) is 18.9. The van der Waals surface area contributed by atoms with E-state index in [4.69, 9.17) is 31.0 Å². The summed E-state index contributed by atoms with van der Waals surface area (Å²) in [6.07, 6.45) is -0.956. The molecule has 7 nitrogen and oxygen atoms in total. The van der Waals surface area contributed by atoms with Crippen molar-refractivity contribution < 1.29 is 37.3 Å². The fourth-order valence-electron chi connectivity index (χ4n) is 4.37. The fourth-order valence-corrected chi connectivity index (χ4v) is 4.58. The number of carboxylic acids is 1. The Morgan fingerprint density at radius 2 is 1.91 bits per heavy atom. The summed E-state index contributed by atoms with van der Waals surface area (Å²) in [5, 5.41) is 7.91. The molecule has 1 N–H and O–H groups in total. The van der Waals surface area contributed by atoms with Crippen LogP contribution in [0.4, 0.5) is 13.2 Å². The summed E-state index contributed by atoms with van der Waals surface area (Å²) in [5.74, 6) is -2.62. The second kappa shape index (κ2) is 11.0. The summed E-state index contributed by atoms with van der Waals surface area (Å²) < 4.78 is 43.8. The van der Waals surface area contributed by atoms with Crippen molar-refractivity contribution in [2.45, 2.75) is 50.1 Å². The van der Waals surface area contributed by atoms with Crippen LogP contribution >= 0.6 is 11.6 Å². The molecule has 1 amide bonds. The first kappa shape index (κ1) is 25.7. The van der Waals surface area contributed by atoms with Crippen LogP contribution in [0, 0.1) is 0 Å². The minimum Gasteiger partial charge on any atom is -0.475 e. The van der Waals surface area contributed by atoms with E-state index in [1.807, 2.05) is 23.1 Å². The monoisotopic (exact) mass is 492 g/mol. The van der Waals surface area contributed by atoms with Gasteiger partial charge in [-0.25, -0.2) is 4.79 Å². The van der Waals surface area contributed by atoms with Crippen molar-refractivity contribution >= 4 is 23.5 Å². The van der Waals surface area contributed by atoms with Gasteiger partial charge in [-0.2, -0.15) is 13.2 Å². The van der Waals surface area contributed by atoms with E-state index in [2.05, 4.69) is 11.0 Å². The lowest BCUT2D eigenvalue weighted by molar-refractivity contribution is -0.200. The van der Waals surface area contributed by atoms with E-state index in [1.165, 1.54) is 5.56 Å². The Balaban J connectivity index is 0.000000383. The number of likely N-dealkylation sites (tertiary alicyclic amines) is 2. The number of carbonyl (C=O) groups is 2. The first-order valence-corrected chi connectivity index (χ1v) is 11.2. The number of benzene rings is 1. The van der Waals surface area contributed by atoms with Gasteiger partial charge in [0.05, 0.1) is 11.7 Å². The number of amides is 1. The Hall–Kier alpha value is -1.88.